The number of amides is 2. The van der Waals surface area contributed by atoms with E-state index in [1.165, 1.54) is 16.9 Å². The van der Waals surface area contributed by atoms with Crippen LogP contribution in [0.4, 0.5) is 27.8 Å². The lowest BCUT2D eigenvalue weighted by atomic mass is 10.1. The summed E-state index contributed by atoms with van der Waals surface area (Å²) in [7, 11) is 1.62. The van der Waals surface area contributed by atoms with E-state index in [0.29, 0.717) is 27.5 Å². The van der Waals surface area contributed by atoms with Crippen molar-refractivity contribution in [2.24, 2.45) is 7.05 Å². The van der Waals surface area contributed by atoms with Gasteiger partial charge in [-0.05, 0) is 31.0 Å². The molecule has 0 unspecified atom stereocenters. The van der Waals surface area contributed by atoms with Gasteiger partial charge in [0.25, 0.3) is 11.8 Å². The molecule has 0 aliphatic heterocycles. The Morgan fingerprint density at radius 3 is 2.54 bits per heavy atom. The highest BCUT2D eigenvalue weighted by Crippen LogP contribution is 2.40. The number of hydrogen-bond donors (Lipinski definition) is 2. The number of nitrogens with two attached hydrogens (primary N) is 1. The number of carbonyl (C=O) groups is 2. The number of nitrogens with one attached hydrogen (secondary N) is 1. The van der Waals surface area contributed by atoms with Crippen molar-refractivity contribution in [2.75, 3.05) is 5.73 Å². The van der Waals surface area contributed by atoms with Gasteiger partial charge < -0.3 is 5.73 Å². The summed E-state index contributed by atoms with van der Waals surface area (Å²) < 4.78 is 69.6. The predicted molar refractivity (Wildman–Crippen MR) is 121 cm³/mol. The molecule has 3 N–H and O–H groups in total. The van der Waals surface area contributed by atoms with Gasteiger partial charge in [0.05, 0.1) is 46.0 Å². The Hall–Kier alpha value is -4.36. The van der Waals surface area contributed by atoms with E-state index in [1.807, 2.05) is 0 Å². The molecule has 0 radical (unpaired) electrons. The van der Waals surface area contributed by atoms with Gasteiger partial charge >= 0.3 is 6.18 Å². The van der Waals surface area contributed by atoms with Gasteiger partial charge in [-0.3, -0.25) is 24.7 Å². The zero-order valence-electron chi connectivity index (χ0n) is 19.1. The lowest BCUT2D eigenvalue weighted by molar-refractivity contribution is -0.137. The van der Waals surface area contributed by atoms with Gasteiger partial charge in [-0.2, -0.15) is 18.3 Å². The normalized spacial score (nSPS) is 14.6. The Labute approximate surface area is 205 Å². The molecule has 4 aromatic rings. The fourth-order valence-corrected chi connectivity index (χ4v) is 3.86. The van der Waals surface area contributed by atoms with Crippen molar-refractivity contribution in [3.05, 3.63) is 59.3 Å². The second-order valence-electron chi connectivity index (χ2n) is 8.71. The molecular weight excluding hydrogens is 501 g/mol. The number of aromatic nitrogens is 4. The second kappa shape index (κ2) is 8.35. The van der Waals surface area contributed by atoms with Crippen molar-refractivity contribution in [1.29, 1.82) is 0 Å². The molecule has 0 bridgehead atoms. The summed E-state index contributed by atoms with van der Waals surface area (Å²) in [6, 6.07) is 3.93. The highest BCUT2D eigenvalue weighted by atomic mass is 19.4. The second-order valence-corrected chi connectivity index (χ2v) is 8.71. The third kappa shape index (κ3) is 4.38. The fraction of sp³-hybridized carbons (Fsp3) is 0.261. The molecule has 2 amide bonds. The number of alkyl halides is 4. The highest BCUT2D eigenvalue weighted by molar-refractivity contribution is 6.10. The summed E-state index contributed by atoms with van der Waals surface area (Å²) in [4.78, 5) is 33.6. The monoisotopic (exact) mass is 519 g/mol. The molecule has 5 rings (SSSR count). The molecule has 14 heteroatoms. The zero-order valence-corrected chi connectivity index (χ0v) is 19.1. The highest BCUT2D eigenvalue weighted by Gasteiger charge is 2.51. The molecule has 3 heterocycles. The molecule has 1 aliphatic carbocycles. The molecule has 1 saturated carbocycles. The number of fused-ring (bicyclic) bond motifs is 3. The molecule has 192 valence electrons. The van der Waals surface area contributed by atoms with Crippen LogP contribution in [0.15, 0.2) is 36.7 Å². The number of aryl methyl sites for hydroxylation is 1. The van der Waals surface area contributed by atoms with Crippen LogP contribution in [0.2, 0.25) is 0 Å². The number of rotatable bonds is 4. The van der Waals surface area contributed by atoms with Crippen LogP contribution in [0.25, 0.3) is 21.8 Å². The van der Waals surface area contributed by atoms with Crippen LogP contribution in [0.1, 0.15) is 34.5 Å². The minimum Gasteiger partial charge on any atom is -0.383 e. The minimum absolute atomic E-state index is 0.0602. The lowest BCUT2D eigenvalue weighted by Gasteiger charge is -2.24. The minimum atomic E-state index is -4.63. The summed E-state index contributed by atoms with van der Waals surface area (Å²) >= 11 is 0. The SMILES string of the molecule is Cn1ncc2c(N)nc3cc(F)c(C(=O)N(Cc4ccc(C(F)(F)F)cn4)NC(=O)C4(F)CC4)cc3c21. The summed E-state index contributed by atoms with van der Waals surface area (Å²) in [6.45, 7) is -0.558. The van der Waals surface area contributed by atoms with Crippen molar-refractivity contribution < 1.29 is 31.5 Å². The van der Waals surface area contributed by atoms with Gasteiger partial charge in [-0.1, -0.05) is 0 Å². The Kier molecular flexibility index (Phi) is 5.49. The van der Waals surface area contributed by atoms with Gasteiger partial charge in [0.1, 0.15) is 11.6 Å². The largest absolute Gasteiger partial charge is 0.417 e. The van der Waals surface area contributed by atoms with E-state index >= 15 is 4.39 Å². The lowest BCUT2D eigenvalue weighted by Crippen LogP contribution is -2.49. The van der Waals surface area contributed by atoms with Crippen LogP contribution in [0, 0.1) is 5.82 Å². The van der Waals surface area contributed by atoms with Crippen molar-refractivity contribution >= 4 is 39.4 Å². The third-order valence-electron chi connectivity index (χ3n) is 6.08. The smallest absolute Gasteiger partial charge is 0.383 e. The number of benzene rings is 1. The predicted octanol–water partition coefficient (Wildman–Crippen LogP) is 3.43. The van der Waals surface area contributed by atoms with E-state index in [4.69, 9.17) is 5.73 Å². The zero-order chi connectivity index (χ0) is 26.7. The topological polar surface area (TPSA) is 119 Å². The summed E-state index contributed by atoms with van der Waals surface area (Å²) in [5, 5.41) is 5.53. The number of pyridine rings is 2. The van der Waals surface area contributed by atoms with E-state index in [-0.39, 0.29) is 29.9 Å². The van der Waals surface area contributed by atoms with Crippen molar-refractivity contribution in [3.63, 3.8) is 0 Å². The molecule has 9 nitrogen and oxygen atoms in total. The Bertz CT molecular complexity index is 1560. The van der Waals surface area contributed by atoms with E-state index in [2.05, 4.69) is 20.5 Å². The quantitative estimate of drug-likeness (QED) is 0.315. The molecule has 1 aromatic carbocycles. The van der Waals surface area contributed by atoms with Gasteiger partial charge in [0.15, 0.2) is 5.67 Å². The van der Waals surface area contributed by atoms with Crippen molar-refractivity contribution in [2.45, 2.75) is 31.2 Å². The number of hydrazine groups is 1. The molecule has 0 saturated heterocycles. The number of anilines is 1. The van der Waals surface area contributed by atoms with Crippen LogP contribution in [0.3, 0.4) is 0 Å². The molecule has 1 aliphatic rings. The maximum Gasteiger partial charge on any atom is 0.417 e. The number of nitrogens with zero attached hydrogens (tertiary/aromatic N) is 5. The van der Waals surface area contributed by atoms with Crippen LogP contribution < -0.4 is 11.2 Å². The first-order chi connectivity index (χ1) is 17.4. The molecule has 3 aromatic heterocycles. The summed E-state index contributed by atoms with van der Waals surface area (Å²) in [6.07, 6.45) is -2.74. The molecule has 37 heavy (non-hydrogen) atoms. The average molecular weight is 519 g/mol. The first-order valence-electron chi connectivity index (χ1n) is 10.9. The average Bonchev–Trinajstić information content (AvgIpc) is 3.47. The van der Waals surface area contributed by atoms with Crippen LogP contribution in [-0.2, 0) is 24.6 Å². The maximum atomic E-state index is 15.1. The Morgan fingerprint density at radius 2 is 1.92 bits per heavy atom. The van der Waals surface area contributed by atoms with Crippen molar-refractivity contribution in [3.8, 4) is 0 Å². The Morgan fingerprint density at radius 1 is 1.19 bits per heavy atom. The number of halogens is 5. The van der Waals surface area contributed by atoms with E-state index in [0.717, 1.165) is 18.2 Å². The third-order valence-corrected chi connectivity index (χ3v) is 6.08. The molecular formula is C23H18F5N7O2. The van der Waals surface area contributed by atoms with Crippen LogP contribution in [0.5, 0.6) is 0 Å². The van der Waals surface area contributed by atoms with Gasteiger partial charge in [-0.25, -0.2) is 18.8 Å². The number of hydrogen-bond acceptors (Lipinski definition) is 6. The first kappa shape index (κ1) is 24.3. The van der Waals surface area contributed by atoms with Crippen LogP contribution in [-0.4, -0.2) is 42.2 Å². The van der Waals surface area contributed by atoms with E-state index < -0.39 is 47.1 Å². The standard InChI is InChI=1S/C23H18F5N7O2/c1-34-18-14-6-13(16(24)7-17(14)32-19(29)15(18)9-31-34)20(36)35(33-21(37)22(25)4-5-22)10-12-3-2-11(8-30-12)23(26,27)28/h2-3,6-9H,4-5,10H2,1H3,(H2,29,32)(H,33,37). The fourth-order valence-electron chi connectivity index (χ4n) is 3.86. The van der Waals surface area contributed by atoms with Crippen LogP contribution >= 0.6 is 0 Å². The van der Waals surface area contributed by atoms with Gasteiger partial charge in [0.2, 0.25) is 0 Å². The van der Waals surface area contributed by atoms with E-state index in [1.54, 1.807) is 7.05 Å². The molecule has 1 fully saturated rings. The number of carbonyl (C=O) groups excluding carboxylic acids is 2. The maximum absolute atomic E-state index is 15.1. The summed E-state index contributed by atoms with van der Waals surface area (Å²) in [5.41, 5.74) is 4.90. The number of nitrogen functional groups attached to an aromatic ring is 1. The molecule has 0 spiro atoms. The van der Waals surface area contributed by atoms with Gasteiger partial charge in [-0.15, -0.1) is 0 Å². The van der Waals surface area contributed by atoms with Gasteiger partial charge in [0, 0.05) is 24.7 Å². The molecule has 0 atom stereocenters. The van der Waals surface area contributed by atoms with Crippen molar-refractivity contribution in [1.82, 2.24) is 30.2 Å². The Balaban J connectivity index is 1.55. The van der Waals surface area contributed by atoms with E-state index in [9.17, 15) is 27.2 Å². The summed E-state index contributed by atoms with van der Waals surface area (Å²) in [5.74, 6) is -3.11. The first-order valence-corrected chi connectivity index (χ1v) is 10.9.